The van der Waals surface area contributed by atoms with E-state index in [-0.39, 0.29) is 6.61 Å². The number of aryl methyl sites for hydroxylation is 1. The molecule has 0 fully saturated rings. The number of ether oxygens (including phenoxy) is 1. The van der Waals surface area contributed by atoms with E-state index in [9.17, 15) is 8.78 Å². The zero-order valence-electron chi connectivity index (χ0n) is 13.2. The van der Waals surface area contributed by atoms with Gasteiger partial charge in [-0.15, -0.1) is 0 Å². The lowest BCUT2D eigenvalue weighted by Gasteiger charge is -2.11. The van der Waals surface area contributed by atoms with Crippen LogP contribution in [0.15, 0.2) is 24.3 Å². The maximum atomic E-state index is 12.1. The van der Waals surface area contributed by atoms with Crippen molar-refractivity contribution >= 4 is 5.82 Å². The molecule has 0 aliphatic heterocycles. The van der Waals surface area contributed by atoms with Crippen molar-refractivity contribution in [3.63, 3.8) is 0 Å². The lowest BCUT2D eigenvalue weighted by atomic mass is 10.2. The minimum atomic E-state index is -2.48. The van der Waals surface area contributed by atoms with Gasteiger partial charge in [0.05, 0.1) is 18.8 Å². The van der Waals surface area contributed by atoms with E-state index < -0.39 is 13.0 Å². The predicted octanol–water partition coefficient (Wildman–Crippen LogP) is 2.75. The number of hydrogen-bond donors (Lipinski definition) is 2. The quantitative estimate of drug-likeness (QED) is 0.783. The Bertz CT molecular complexity index is 627. The highest BCUT2D eigenvalue weighted by Gasteiger charge is 2.11. The maximum Gasteiger partial charge on any atom is 0.272 e. The van der Waals surface area contributed by atoms with Gasteiger partial charge in [0.15, 0.2) is 0 Å². The summed E-state index contributed by atoms with van der Waals surface area (Å²) >= 11 is 0. The second-order valence-corrected chi connectivity index (χ2v) is 5.21. The van der Waals surface area contributed by atoms with Gasteiger partial charge in [-0.3, -0.25) is 0 Å². The highest BCUT2D eigenvalue weighted by atomic mass is 19.3. The summed E-state index contributed by atoms with van der Waals surface area (Å²) < 4.78 is 30.9. The molecule has 0 spiro atoms. The van der Waals surface area contributed by atoms with Crippen molar-refractivity contribution in [1.29, 1.82) is 0 Å². The summed E-state index contributed by atoms with van der Waals surface area (Å²) in [4.78, 5) is 0. The number of nitrogens with zero attached hydrogens (tertiary/aromatic N) is 2. The molecule has 1 heterocycles. The Morgan fingerprint density at radius 3 is 2.57 bits per heavy atom. The van der Waals surface area contributed by atoms with Crippen LogP contribution in [0.5, 0.6) is 5.75 Å². The molecule has 7 heteroatoms. The van der Waals surface area contributed by atoms with Crippen LogP contribution < -0.4 is 10.1 Å². The van der Waals surface area contributed by atoms with E-state index in [1.165, 1.54) is 0 Å². The van der Waals surface area contributed by atoms with Gasteiger partial charge in [0.25, 0.3) is 6.43 Å². The number of rotatable bonds is 8. The van der Waals surface area contributed by atoms with Crippen LogP contribution >= 0.6 is 0 Å². The summed E-state index contributed by atoms with van der Waals surface area (Å²) in [5.41, 5.74) is 2.94. The van der Waals surface area contributed by atoms with Crippen LogP contribution in [0.3, 0.4) is 0 Å². The molecule has 1 aromatic heterocycles. The van der Waals surface area contributed by atoms with Gasteiger partial charge in [-0.2, -0.15) is 5.10 Å². The summed E-state index contributed by atoms with van der Waals surface area (Å²) in [5.74, 6) is 1.29. The number of aromatic nitrogens is 2. The molecule has 0 unspecified atom stereocenters. The summed E-state index contributed by atoms with van der Waals surface area (Å²) in [5, 5.41) is 16.8. The molecule has 2 rings (SSSR count). The van der Waals surface area contributed by atoms with Crippen LogP contribution in [0.1, 0.15) is 16.8 Å². The van der Waals surface area contributed by atoms with Gasteiger partial charge in [-0.05, 0) is 31.5 Å². The fraction of sp³-hybridized carbons (Fsp3) is 0.438. The standard InChI is InChI=1S/C16H21F2N3O2/c1-11-12(2)20-21(7-8-22)16(11)19-9-13-3-5-14(6-4-13)23-10-15(17)18/h3-6,15,19,22H,7-10H2,1-2H3. The van der Waals surface area contributed by atoms with Gasteiger partial charge in [0, 0.05) is 12.1 Å². The zero-order valence-corrected chi connectivity index (χ0v) is 13.2. The fourth-order valence-electron chi connectivity index (χ4n) is 2.20. The van der Waals surface area contributed by atoms with E-state index in [0.717, 1.165) is 22.6 Å². The largest absolute Gasteiger partial charge is 0.488 e. The Labute approximate surface area is 133 Å². The minimum absolute atomic E-state index is 0.0193. The van der Waals surface area contributed by atoms with E-state index in [1.54, 1.807) is 16.8 Å². The maximum absolute atomic E-state index is 12.1. The van der Waals surface area contributed by atoms with Gasteiger partial charge >= 0.3 is 0 Å². The Balaban J connectivity index is 1.98. The molecule has 2 aromatic rings. The molecule has 0 radical (unpaired) electrons. The van der Waals surface area contributed by atoms with Gasteiger partial charge < -0.3 is 15.2 Å². The molecule has 23 heavy (non-hydrogen) atoms. The van der Waals surface area contributed by atoms with Gasteiger partial charge in [-0.25, -0.2) is 13.5 Å². The molecule has 0 aliphatic rings. The first kappa shape index (κ1) is 17.2. The molecule has 0 amide bonds. The normalized spacial score (nSPS) is 11.0. The summed E-state index contributed by atoms with van der Waals surface area (Å²) in [6.07, 6.45) is -2.48. The van der Waals surface area contributed by atoms with Crippen molar-refractivity contribution in [2.24, 2.45) is 0 Å². The van der Waals surface area contributed by atoms with Crippen LogP contribution in [0, 0.1) is 13.8 Å². The van der Waals surface area contributed by atoms with Gasteiger partial charge in [0.1, 0.15) is 18.2 Å². The smallest absolute Gasteiger partial charge is 0.272 e. The SMILES string of the molecule is Cc1nn(CCO)c(NCc2ccc(OCC(F)F)cc2)c1C. The van der Waals surface area contributed by atoms with E-state index >= 15 is 0 Å². The molecule has 0 saturated heterocycles. The third kappa shape index (κ3) is 4.66. The molecule has 0 bridgehead atoms. The number of anilines is 1. The number of alkyl halides is 2. The van der Waals surface area contributed by atoms with E-state index in [2.05, 4.69) is 10.4 Å². The van der Waals surface area contributed by atoms with Crippen molar-refractivity contribution in [1.82, 2.24) is 9.78 Å². The number of hydrogen-bond acceptors (Lipinski definition) is 4. The molecule has 0 aliphatic carbocycles. The fourth-order valence-corrected chi connectivity index (χ4v) is 2.20. The molecular weight excluding hydrogens is 304 g/mol. The first-order valence-corrected chi connectivity index (χ1v) is 7.40. The van der Waals surface area contributed by atoms with E-state index in [1.807, 2.05) is 26.0 Å². The summed E-state index contributed by atoms with van der Waals surface area (Å²) in [6, 6.07) is 6.98. The van der Waals surface area contributed by atoms with Crippen LogP contribution in [0.4, 0.5) is 14.6 Å². The highest BCUT2D eigenvalue weighted by molar-refractivity contribution is 5.47. The molecular formula is C16H21F2N3O2. The second-order valence-electron chi connectivity index (χ2n) is 5.21. The first-order chi connectivity index (χ1) is 11.0. The molecule has 2 N–H and O–H groups in total. The average molecular weight is 325 g/mol. The average Bonchev–Trinajstić information content (AvgIpc) is 2.79. The van der Waals surface area contributed by atoms with Crippen molar-refractivity contribution < 1.29 is 18.6 Å². The second kappa shape index (κ2) is 7.92. The van der Waals surface area contributed by atoms with Crippen molar-refractivity contribution in [3.05, 3.63) is 41.1 Å². The lowest BCUT2D eigenvalue weighted by Crippen LogP contribution is -2.11. The van der Waals surface area contributed by atoms with Crippen molar-refractivity contribution in [3.8, 4) is 5.75 Å². The van der Waals surface area contributed by atoms with Gasteiger partial charge in [0.2, 0.25) is 0 Å². The van der Waals surface area contributed by atoms with Crippen LogP contribution in [-0.2, 0) is 13.1 Å². The molecule has 1 aromatic carbocycles. The van der Waals surface area contributed by atoms with E-state index in [0.29, 0.717) is 18.8 Å². The third-order valence-electron chi connectivity index (χ3n) is 3.50. The predicted molar refractivity (Wildman–Crippen MR) is 84.1 cm³/mol. The Morgan fingerprint density at radius 1 is 1.26 bits per heavy atom. The monoisotopic (exact) mass is 325 g/mol. The Morgan fingerprint density at radius 2 is 1.96 bits per heavy atom. The lowest BCUT2D eigenvalue weighted by molar-refractivity contribution is 0.0819. The third-order valence-corrected chi connectivity index (χ3v) is 3.50. The first-order valence-electron chi connectivity index (χ1n) is 7.40. The van der Waals surface area contributed by atoms with Crippen molar-refractivity contribution in [2.45, 2.75) is 33.4 Å². The van der Waals surface area contributed by atoms with Crippen molar-refractivity contribution in [2.75, 3.05) is 18.5 Å². The Hall–Kier alpha value is -2.15. The van der Waals surface area contributed by atoms with Gasteiger partial charge in [-0.1, -0.05) is 12.1 Å². The minimum Gasteiger partial charge on any atom is -0.488 e. The number of aliphatic hydroxyl groups excluding tert-OH is 1. The van der Waals surface area contributed by atoms with E-state index in [4.69, 9.17) is 9.84 Å². The van der Waals surface area contributed by atoms with Crippen LogP contribution in [0.25, 0.3) is 0 Å². The Kier molecular flexibility index (Phi) is 5.92. The number of aliphatic hydroxyl groups is 1. The molecule has 5 nitrogen and oxygen atoms in total. The van der Waals surface area contributed by atoms with Crippen LogP contribution in [0.2, 0.25) is 0 Å². The summed E-state index contributed by atoms with van der Waals surface area (Å²) in [6.45, 7) is 4.30. The number of benzene rings is 1. The van der Waals surface area contributed by atoms with Crippen LogP contribution in [-0.4, -0.2) is 34.5 Å². The highest BCUT2D eigenvalue weighted by Crippen LogP contribution is 2.20. The topological polar surface area (TPSA) is 59.3 Å². The zero-order chi connectivity index (χ0) is 16.8. The molecule has 0 saturated carbocycles. The number of halogens is 2. The number of nitrogens with one attached hydrogen (secondary N) is 1. The molecule has 126 valence electrons. The molecule has 0 atom stereocenters. The summed E-state index contributed by atoms with van der Waals surface area (Å²) in [7, 11) is 0.